The lowest BCUT2D eigenvalue weighted by Gasteiger charge is -2.06. The molecule has 0 radical (unpaired) electrons. The first-order valence-electron chi connectivity index (χ1n) is 10.9. The maximum absolute atomic E-state index is 14.2. The van der Waals surface area contributed by atoms with E-state index in [2.05, 4.69) is 15.3 Å². The molecule has 0 saturated heterocycles. The van der Waals surface area contributed by atoms with Crippen LogP contribution in [0.3, 0.4) is 0 Å². The Balaban J connectivity index is 1.32. The van der Waals surface area contributed by atoms with Crippen molar-refractivity contribution in [2.24, 2.45) is 0 Å². The van der Waals surface area contributed by atoms with Crippen LogP contribution >= 0.6 is 0 Å². The highest BCUT2D eigenvalue weighted by Crippen LogP contribution is 2.29. The number of benzene rings is 3. The van der Waals surface area contributed by atoms with E-state index < -0.39 is 0 Å². The number of hydrogen-bond donors (Lipinski definition) is 4. The highest BCUT2D eigenvalue weighted by Gasteiger charge is 2.15. The molecule has 33 heavy (non-hydrogen) atoms. The zero-order chi connectivity index (χ0) is 23.1. The van der Waals surface area contributed by atoms with Crippen molar-refractivity contribution in [3.05, 3.63) is 89.0 Å². The van der Waals surface area contributed by atoms with Gasteiger partial charge in [0.15, 0.2) is 0 Å². The average Bonchev–Trinajstić information content (AvgIpc) is 3.38. The predicted molar refractivity (Wildman–Crippen MR) is 129 cm³/mol. The molecule has 0 aliphatic heterocycles. The van der Waals surface area contributed by atoms with E-state index in [0.29, 0.717) is 24.2 Å². The number of aromatic nitrogens is 2. The molecule has 5 rings (SSSR count). The van der Waals surface area contributed by atoms with Crippen LogP contribution < -0.4 is 5.32 Å². The molecule has 166 valence electrons. The van der Waals surface area contributed by atoms with Gasteiger partial charge < -0.3 is 20.4 Å². The Bertz CT molecular complexity index is 1510. The van der Waals surface area contributed by atoms with E-state index in [0.717, 1.165) is 44.2 Å². The van der Waals surface area contributed by atoms with Gasteiger partial charge in [-0.25, -0.2) is 4.39 Å². The first-order valence-corrected chi connectivity index (χ1v) is 10.9. The molecule has 2 aromatic heterocycles. The van der Waals surface area contributed by atoms with E-state index >= 15 is 0 Å². The molecule has 0 saturated carbocycles. The van der Waals surface area contributed by atoms with E-state index in [-0.39, 0.29) is 17.5 Å². The second-order valence-electron chi connectivity index (χ2n) is 8.38. The van der Waals surface area contributed by atoms with Gasteiger partial charge in [0.1, 0.15) is 17.3 Å². The molecule has 0 atom stereocenters. The van der Waals surface area contributed by atoms with E-state index in [9.17, 15) is 14.3 Å². The Kier molecular flexibility index (Phi) is 5.13. The number of halogens is 1. The van der Waals surface area contributed by atoms with E-state index in [1.165, 1.54) is 6.07 Å². The molecule has 5 aromatic rings. The summed E-state index contributed by atoms with van der Waals surface area (Å²) in [6.07, 6.45) is 0.601. The molecule has 0 aliphatic carbocycles. The Hall–Kier alpha value is -4.06. The average molecular weight is 442 g/mol. The minimum Gasteiger partial charge on any atom is -0.508 e. The number of H-pyrrole nitrogens is 2. The topological polar surface area (TPSA) is 80.9 Å². The maximum Gasteiger partial charge on any atom is 0.267 e. The summed E-state index contributed by atoms with van der Waals surface area (Å²) in [5, 5.41) is 14.5. The summed E-state index contributed by atoms with van der Waals surface area (Å²) in [7, 11) is 0. The first kappa shape index (κ1) is 20.8. The molecular formula is C27H24FN3O2. The monoisotopic (exact) mass is 441 g/mol. The number of fused-ring (bicyclic) bond motifs is 2. The number of phenols is 1. The van der Waals surface area contributed by atoms with Gasteiger partial charge in [-0.1, -0.05) is 24.3 Å². The molecule has 4 N–H and O–H groups in total. The van der Waals surface area contributed by atoms with Crippen molar-refractivity contribution >= 4 is 27.7 Å². The molecule has 0 spiro atoms. The van der Waals surface area contributed by atoms with Crippen LogP contribution in [-0.4, -0.2) is 27.5 Å². The van der Waals surface area contributed by atoms with Crippen molar-refractivity contribution in [2.45, 2.75) is 20.3 Å². The van der Waals surface area contributed by atoms with Crippen LogP contribution in [0.5, 0.6) is 5.75 Å². The summed E-state index contributed by atoms with van der Waals surface area (Å²) >= 11 is 0. The highest BCUT2D eigenvalue weighted by atomic mass is 19.1. The molecule has 0 aliphatic rings. The van der Waals surface area contributed by atoms with Gasteiger partial charge in [0.25, 0.3) is 5.91 Å². The van der Waals surface area contributed by atoms with Gasteiger partial charge in [-0.3, -0.25) is 4.79 Å². The number of rotatable bonds is 5. The van der Waals surface area contributed by atoms with Gasteiger partial charge >= 0.3 is 0 Å². The molecule has 3 aromatic carbocycles. The number of phenolic OH excluding ortho intramolecular Hbond substituents is 1. The standard InChI is InChI=1S/C27H24FN3O2/c1-15-6-8-22(28)26-25(15)21(16(2)30-26)10-11-29-27(33)24-14-19-12-18(7-9-23(19)31-24)17-4-3-5-20(32)13-17/h3-9,12-14,30-32H,10-11H2,1-2H3,(H,29,33). The number of aryl methyl sites for hydroxylation is 2. The third kappa shape index (κ3) is 3.84. The van der Waals surface area contributed by atoms with Gasteiger partial charge in [-0.05, 0) is 78.9 Å². The van der Waals surface area contributed by atoms with Gasteiger partial charge in [0.2, 0.25) is 0 Å². The third-order valence-corrected chi connectivity index (χ3v) is 6.14. The largest absolute Gasteiger partial charge is 0.508 e. The lowest BCUT2D eigenvalue weighted by molar-refractivity contribution is 0.0950. The van der Waals surface area contributed by atoms with E-state index in [4.69, 9.17) is 0 Å². The Morgan fingerprint density at radius 3 is 2.64 bits per heavy atom. The fraction of sp³-hybridized carbons (Fsp3) is 0.148. The number of aromatic amines is 2. The predicted octanol–water partition coefficient (Wildman–Crippen LogP) is 5.75. The van der Waals surface area contributed by atoms with Gasteiger partial charge in [-0.2, -0.15) is 0 Å². The Morgan fingerprint density at radius 2 is 1.82 bits per heavy atom. The van der Waals surface area contributed by atoms with Crippen LogP contribution in [0.1, 0.15) is 27.3 Å². The van der Waals surface area contributed by atoms with Crippen LogP contribution in [0, 0.1) is 19.7 Å². The Labute approximate surface area is 190 Å². The normalized spacial score (nSPS) is 11.4. The molecule has 0 fully saturated rings. The second-order valence-corrected chi connectivity index (χ2v) is 8.38. The molecule has 2 heterocycles. The van der Waals surface area contributed by atoms with Crippen molar-refractivity contribution in [3.63, 3.8) is 0 Å². The van der Waals surface area contributed by atoms with Crippen molar-refractivity contribution in [2.75, 3.05) is 6.54 Å². The van der Waals surface area contributed by atoms with Gasteiger partial charge in [-0.15, -0.1) is 0 Å². The minimum absolute atomic E-state index is 0.189. The van der Waals surface area contributed by atoms with Gasteiger partial charge in [0, 0.05) is 28.5 Å². The van der Waals surface area contributed by atoms with Gasteiger partial charge in [0.05, 0.1) is 5.52 Å². The van der Waals surface area contributed by atoms with Crippen molar-refractivity contribution < 1.29 is 14.3 Å². The van der Waals surface area contributed by atoms with Crippen LogP contribution in [-0.2, 0) is 6.42 Å². The number of hydrogen-bond acceptors (Lipinski definition) is 2. The number of amides is 1. The minimum atomic E-state index is -0.267. The SMILES string of the molecule is Cc1[nH]c2c(F)ccc(C)c2c1CCNC(=O)c1cc2cc(-c3cccc(O)c3)ccc2[nH]1. The number of carbonyl (C=O) groups is 1. The Morgan fingerprint density at radius 1 is 1.00 bits per heavy atom. The fourth-order valence-electron chi connectivity index (χ4n) is 4.47. The zero-order valence-electron chi connectivity index (χ0n) is 18.4. The summed E-state index contributed by atoms with van der Waals surface area (Å²) in [6.45, 7) is 4.33. The molecule has 6 heteroatoms. The van der Waals surface area contributed by atoms with Crippen LogP contribution in [0.25, 0.3) is 32.9 Å². The first-order chi connectivity index (χ1) is 15.9. The molecule has 0 bridgehead atoms. The van der Waals surface area contributed by atoms with Crippen molar-refractivity contribution in [3.8, 4) is 16.9 Å². The quantitative estimate of drug-likeness (QED) is 0.280. The van der Waals surface area contributed by atoms with E-state index in [1.807, 2.05) is 44.2 Å². The van der Waals surface area contributed by atoms with E-state index in [1.54, 1.807) is 24.3 Å². The number of carbonyl (C=O) groups excluding carboxylic acids is 1. The second kappa shape index (κ2) is 8.13. The van der Waals surface area contributed by atoms with Crippen molar-refractivity contribution in [1.82, 2.24) is 15.3 Å². The van der Waals surface area contributed by atoms with Crippen molar-refractivity contribution in [1.29, 1.82) is 0 Å². The zero-order valence-corrected chi connectivity index (χ0v) is 18.4. The summed E-state index contributed by atoms with van der Waals surface area (Å²) in [5.41, 5.74) is 6.68. The fourth-order valence-corrected chi connectivity index (χ4v) is 4.47. The maximum atomic E-state index is 14.2. The lowest BCUT2D eigenvalue weighted by atomic mass is 10.0. The number of nitrogens with one attached hydrogen (secondary N) is 3. The molecule has 0 unspecified atom stereocenters. The molecule has 5 nitrogen and oxygen atoms in total. The van der Waals surface area contributed by atoms with Crippen LogP contribution in [0.15, 0.2) is 60.7 Å². The van der Waals surface area contributed by atoms with Crippen LogP contribution in [0.4, 0.5) is 4.39 Å². The summed E-state index contributed by atoms with van der Waals surface area (Å²) in [6, 6.07) is 18.0. The smallest absolute Gasteiger partial charge is 0.267 e. The lowest BCUT2D eigenvalue weighted by Crippen LogP contribution is -2.26. The molecular weight excluding hydrogens is 417 g/mol. The number of aromatic hydroxyl groups is 1. The summed E-state index contributed by atoms with van der Waals surface area (Å²) in [4.78, 5) is 19.1. The highest BCUT2D eigenvalue weighted by molar-refractivity contribution is 5.99. The summed E-state index contributed by atoms with van der Waals surface area (Å²) in [5.74, 6) is -0.243. The van der Waals surface area contributed by atoms with Crippen LogP contribution in [0.2, 0.25) is 0 Å². The summed E-state index contributed by atoms with van der Waals surface area (Å²) < 4.78 is 14.2. The third-order valence-electron chi connectivity index (χ3n) is 6.14. The molecule has 1 amide bonds.